The lowest BCUT2D eigenvalue weighted by atomic mass is 9.94. The second kappa shape index (κ2) is 5.17. The van der Waals surface area contributed by atoms with E-state index in [9.17, 15) is 18.3 Å². The third-order valence-electron chi connectivity index (χ3n) is 2.76. The van der Waals surface area contributed by atoms with E-state index >= 15 is 0 Å². The van der Waals surface area contributed by atoms with Crippen LogP contribution < -0.4 is 4.74 Å². The highest BCUT2D eigenvalue weighted by Crippen LogP contribution is 2.34. The molecule has 7 heteroatoms. The zero-order chi connectivity index (χ0) is 14.0. The maximum atomic E-state index is 12.1. The van der Waals surface area contributed by atoms with E-state index in [1.165, 1.54) is 24.9 Å². The SMILES string of the molecule is COc1cnn(C)c1C(C)(O)CCCC(F)(F)F. The molecule has 18 heavy (non-hydrogen) atoms. The third kappa shape index (κ3) is 3.63. The molecule has 0 saturated carbocycles. The highest BCUT2D eigenvalue weighted by Gasteiger charge is 2.33. The fraction of sp³-hybridized carbons (Fsp3) is 0.727. The van der Waals surface area contributed by atoms with Crippen molar-refractivity contribution < 1.29 is 23.0 Å². The molecule has 1 aromatic heterocycles. The van der Waals surface area contributed by atoms with Gasteiger partial charge in [0.25, 0.3) is 0 Å². The minimum atomic E-state index is -4.20. The van der Waals surface area contributed by atoms with Gasteiger partial charge in [0, 0.05) is 13.5 Å². The first-order valence-electron chi connectivity index (χ1n) is 5.53. The number of nitrogens with zero attached hydrogens (tertiary/aromatic N) is 2. The zero-order valence-electron chi connectivity index (χ0n) is 10.6. The molecule has 1 heterocycles. The number of halogens is 3. The number of alkyl halides is 3. The first kappa shape index (κ1) is 14.8. The van der Waals surface area contributed by atoms with Crippen LogP contribution in [-0.2, 0) is 12.6 Å². The number of rotatable bonds is 5. The van der Waals surface area contributed by atoms with Crippen LogP contribution in [0, 0.1) is 0 Å². The predicted octanol–water partition coefficient (Wildman–Crippen LogP) is 2.37. The Morgan fingerprint density at radius 3 is 2.50 bits per heavy atom. The average Bonchev–Trinajstić information content (AvgIpc) is 2.57. The molecule has 1 N–H and O–H groups in total. The zero-order valence-corrected chi connectivity index (χ0v) is 10.6. The van der Waals surface area contributed by atoms with Gasteiger partial charge in [-0.05, 0) is 19.8 Å². The molecule has 0 bridgehead atoms. The van der Waals surface area contributed by atoms with Crippen molar-refractivity contribution in [1.82, 2.24) is 9.78 Å². The lowest BCUT2D eigenvalue weighted by Crippen LogP contribution is -2.26. The van der Waals surface area contributed by atoms with Crippen molar-refractivity contribution >= 4 is 0 Å². The standard InChI is InChI=1S/C11H17F3N2O2/c1-10(17,5-4-6-11(12,13)14)9-8(18-3)7-15-16(9)2/h7,17H,4-6H2,1-3H3. The van der Waals surface area contributed by atoms with E-state index < -0.39 is 18.2 Å². The number of methoxy groups -OCH3 is 1. The van der Waals surface area contributed by atoms with Gasteiger partial charge in [-0.1, -0.05) is 0 Å². The summed E-state index contributed by atoms with van der Waals surface area (Å²) in [6.07, 6.45) is -3.85. The molecule has 1 rings (SSSR count). The molecule has 4 nitrogen and oxygen atoms in total. The van der Waals surface area contributed by atoms with Gasteiger partial charge in [0.1, 0.15) is 11.3 Å². The Bertz CT molecular complexity index is 399. The first-order valence-corrected chi connectivity index (χ1v) is 5.53. The van der Waals surface area contributed by atoms with Gasteiger partial charge in [-0.2, -0.15) is 18.3 Å². The largest absolute Gasteiger partial charge is 0.493 e. The van der Waals surface area contributed by atoms with Gasteiger partial charge in [0.15, 0.2) is 5.75 Å². The van der Waals surface area contributed by atoms with Crippen LogP contribution in [0.15, 0.2) is 6.20 Å². The summed E-state index contributed by atoms with van der Waals surface area (Å²) in [6.45, 7) is 1.46. The van der Waals surface area contributed by atoms with Crippen LogP contribution >= 0.6 is 0 Å². The first-order chi connectivity index (χ1) is 8.17. The quantitative estimate of drug-likeness (QED) is 0.890. The highest BCUT2D eigenvalue weighted by molar-refractivity contribution is 5.30. The number of aryl methyl sites for hydroxylation is 1. The van der Waals surface area contributed by atoms with Crippen molar-refractivity contribution in [3.05, 3.63) is 11.9 Å². The van der Waals surface area contributed by atoms with Crippen molar-refractivity contribution in [2.24, 2.45) is 7.05 Å². The van der Waals surface area contributed by atoms with Crippen LogP contribution in [0.25, 0.3) is 0 Å². The average molecular weight is 266 g/mol. The number of aromatic nitrogens is 2. The van der Waals surface area contributed by atoms with Gasteiger partial charge in [-0.25, -0.2) is 0 Å². The highest BCUT2D eigenvalue weighted by atomic mass is 19.4. The van der Waals surface area contributed by atoms with Crippen molar-refractivity contribution in [2.45, 2.75) is 38.0 Å². The molecule has 0 aromatic carbocycles. The molecule has 1 unspecified atom stereocenters. The van der Waals surface area contributed by atoms with Gasteiger partial charge in [-0.3, -0.25) is 4.68 Å². The van der Waals surface area contributed by atoms with Gasteiger partial charge >= 0.3 is 6.18 Å². The normalized spacial score (nSPS) is 15.5. The van der Waals surface area contributed by atoms with Crippen LogP contribution in [0.5, 0.6) is 5.75 Å². The molecular weight excluding hydrogens is 249 g/mol. The summed E-state index contributed by atoms with van der Waals surface area (Å²) < 4.78 is 42.7. The maximum absolute atomic E-state index is 12.1. The molecule has 0 saturated heterocycles. The third-order valence-corrected chi connectivity index (χ3v) is 2.76. The molecule has 0 fully saturated rings. The second-order valence-corrected chi connectivity index (χ2v) is 4.43. The molecular formula is C11H17F3N2O2. The van der Waals surface area contributed by atoms with Gasteiger partial charge in [0.05, 0.1) is 13.3 Å². The van der Waals surface area contributed by atoms with Crippen LogP contribution in [0.3, 0.4) is 0 Å². The predicted molar refractivity (Wildman–Crippen MR) is 59.2 cm³/mol. The van der Waals surface area contributed by atoms with E-state index in [2.05, 4.69) is 5.10 Å². The maximum Gasteiger partial charge on any atom is 0.389 e. The van der Waals surface area contributed by atoms with E-state index in [4.69, 9.17) is 4.74 Å². The van der Waals surface area contributed by atoms with Crippen molar-refractivity contribution in [3.63, 3.8) is 0 Å². The minimum absolute atomic E-state index is 0.0115. The van der Waals surface area contributed by atoms with Gasteiger partial charge in [0.2, 0.25) is 0 Å². The lowest BCUT2D eigenvalue weighted by Gasteiger charge is -2.24. The fourth-order valence-corrected chi connectivity index (χ4v) is 1.93. The molecule has 1 atom stereocenters. The Kier molecular flexibility index (Phi) is 4.26. The summed E-state index contributed by atoms with van der Waals surface area (Å²) in [7, 11) is 3.03. The molecule has 0 radical (unpaired) electrons. The summed E-state index contributed by atoms with van der Waals surface area (Å²) in [6, 6.07) is 0. The van der Waals surface area contributed by atoms with Gasteiger partial charge in [-0.15, -0.1) is 0 Å². The van der Waals surface area contributed by atoms with Crippen LogP contribution in [-0.4, -0.2) is 28.2 Å². The summed E-state index contributed by atoms with van der Waals surface area (Å²) in [5.41, 5.74) is -1.02. The number of hydrogen-bond acceptors (Lipinski definition) is 3. The summed E-state index contributed by atoms with van der Waals surface area (Å²) in [5, 5.41) is 14.2. The number of ether oxygens (including phenoxy) is 1. The fourth-order valence-electron chi connectivity index (χ4n) is 1.93. The van der Waals surface area contributed by atoms with E-state index in [0.717, 1.165) is 0 Å². The Morgan fingerprint density at radius 1 is 1.39 bits per heavy atom. The Labute approximate surface area is 103 Å². The summed E-state index contributed by atoms with van der Waals surface area (Å²) >= 11 is 0. The van der Waals surface area contributed by atoms with Crippen LogP contribution in [0.2, 0.25) is 0 Å². The smallest absolute Gasteiger partial charge is 0.389 e. The molecule has 0 aliphatic carbocycles. The summed E-state index contributed by atoms with van der Waals surface area (Å²) in [5.74, 6) is 0.370. The molecule has 0 aliphatic heterocycles. The Morgan fingerprint density at radius 2 is 2.00 bits per heavy atom. The van der Waals surface area contributed by atoms with E-state index in [0.29, 0.717) is 11.4 Å². The van der Waals surface area contributed by atoms with Crippen molar-refractivity contribution in [2.75, 3.05) is 7.11 Å². The minimum Gasteiger partial charge on any atom is -0.493 e. The Hall–Kier alpha value is -1.24. The molecule has 0 amide bonds. The topological polar surface area (TPSA) is 47.3 Å². The Balaban J connectivity index is 2.76. The molecule has 104 valence electrons. The molecule has 0 spiro atoms. The number of aliphatic hydroxyl groups is 1. The van der Waals surface area contributed by atoms with Crippen molar-refractivity contribution in [3.8, 4) is 5.75 Å². The van der Waals surface area contributed by atoms with E-state index in [1.54, 1.807) is 7.05 Å². The lowest BCUT2D eigenvalue weighted by molar-refractivity contribution is -0.138. The van der Waals surface area contributed by atoms with Gasteiger partial charge < -0.3 is 9.84 Å². The second-order valence-electron chi connectivity index (χ2n) is 4.43. The molecule has 0 aliphatic rings. The van der Waals surface area contributed by atoms with Crippen molar-refractivity contribution in [1.29, 1.82) is 0 Å². The number of hydrogen-bond donors (Lipinski definition) is 1. The monoisotopic (exact) mass is 266 g/mol. The van der Waals surface area contributed by atoms with Crippen LogP contribution in [0.1, 0.15) is 31.9 Å². The van der Waals surface area contributed by atoms with E-state index in [1.807, 2.05) is 0 Å². The summed E-state index contributed by atoms with van der Waals surface area (Å²) in [4.78, 5) is 0. The van der Waals surface area contributed by atoms with Crippen LogP contribution in [0.4, 0.5) is 13.2 Å². The van der Waals surface area contributed by atoms with E-state index in [-0.39, 0.29) is 12.8 Å². The molecule has 1 aromatic rings.